The van der Waals surface area contributed by atoms with Crippen LogP contribution in [0.1, 0.15) is 60.6 Å². The Kier molecular flexibility index (Phi) is 21.4. The summed E-state index contributed by atoms with van der Waals surface area (Å²) >= 11 is 0. The normalized spacial score (nSPS) is 12.5. The molecule has 2 atom stereocenters. The van der Waals surface area contributed by atoms with Crippen LogP contribution in [0, 0.1) is 5.82 Å². The van der Waals surface area contributed by atoms with Gasteiger partial charge in [0, 0.05) is 36.3 Å². The van der Waals surface area contributed by atoms with E-state index in [1.54, 1.807) is 12.1 Å². The number of hydrogen-bond acceptors (Lipinski definition) is 11. The van der Waals surface area contributed by atoms with Crippen LogP contribution in [-0.4, -0.2) is 123 Å². The number of ketones is 1. The van der Waals surface area contributed by atoms with E-state index >= 15 is 0 Å². The number of aliphatic hydroxyl groups excluding tert-OH is 2. The highest BCUT2D eigenvalue weighted by molar-refractivity contribution is 6.08. The van der Waals surface area contributed by atoms with E-state index in [0.717, 1.165) is 16.8 Å². The standard InChI is InChI=1S/C46H61FN2O11/c1-33(2)45-44(41(52)30-34-8-14-40(15-9-34)60-29-28-59-27-26-58-25-24-57-23-22-56-21-20-55-19-17-48)43(35-6-4-3-5-7-35)46(36-10-12-37(47)13-11-36)49(45)18-16-38(50)31-39(51)32-42(53)54/h3-15,33,38-39,50-51H,16-32,48H2,1-2H3,(H,53,54)/t38-,39-/m1/s1. The Morgan fingerprint density at radius 1 is 0.700 bits per heavy atom. The Labute approximate surface area is 352 Å². The molecule has 0 aliphatic rings. The van der Waals surface area contributed by atoms with Gasteiger partial charge in [0.2, 0.25) is 0 Å². The van der Waals surface area contributed by atoms with Crippen molar-refractivity contribution >= 4 is 11.8 Å². The molecule has 3 aromatic carbocycles. The van der Waals surface area contributed by atoms with Gasteiger partial charge >= 0.3 is 5.97 Å². The quantitative estimate of drug-likeness (QED) is 0.0349. The number of carboxylic acids is 1. The van der Waals surface area contributed by atoms with Crippen molar-refractivity contribution in [1.82, 2.24) is 4.57 Å². The van der Waals surface area contributed by atoms with Crippen LogP contribution in [0.4, 0.5) is 4.39 Å². The number of aliphatic hydroxyl groups is 2. The van der Waals surface area contributed by atoms with Crippen molar-refractivity contribution in [2.24, 2.45) is 5.73 Å². The zero-order valence-corrected chi connectivity index (χ0v) is 34.8. The lowest BCUT2D eigenvalue weighted by molar-refractivity contribution is -0.139. The number of aliphatic carboxylic acids is 1. The molecule has 0 aliphatic carbocycles. The topological polar surface area (TPSA) is 181 Å². The van der Waals surface area contributed by atoms with Crippen LogP contribution in [0.15, 0.2) is 78.9 Å². The van der Waals surface area contributed by atoms with Crippen LogP contribution in [0.3, 0.4) is 0 Å². The monoisotopic (exact) mass is 836 g/mol. The van der Waals surface area contributed by atoms with Gasteiger partial charge in [-0.05, 0) is 71.8 Å². The number of halogens is 1. The van der Waals surface area contributed by atoms with Crippen LogP contribution in [0.2, 0.25) is 0 Å². The van der Waals surface area contributed by atoms with Gasteiger partial charge in [-0.15, -0.1) is 0 Å². The van der Waals surface area contributed by atoms with Gasteiger partial charge in [-0.25, -0.2) is 4.39 Å². The summed E-state index contributed by atoms with van der Waals surface area (Å²) in [6.07, 6.45) is -2.52. The fourth-order valence-electron chi connectivity index (χ4n) is 6.80. The predicted molar refractivity (Wildman–Crippen MR) is 226 cm³/mol. The van der Waals surface area contributed by atoms with Gasteiger partial charge in [-0.2, -0.15) is 0 Å². The predicted octanol–water partition coefficient (Wildman–Crippen LogP) is 5.91. The van der Waals surface area contributed by atoms with Gasteiger partial charge in [0.1, 0.15) is 18.2 Å². The second-order valence-electron chi connectivity index (χ2n) is 14.5. The second-order valence-corrected chi connectivity index (χ2v) is 14.5. The van der Waals surface area contributed by atoms with Crippen LogP contribution in [-0.2, 0) is 41.4 Å². The molecule has 4 rings (SSSR count). The molecule has 0 bridgehead atoms. The lowest BCUT2D eigenvalue weighted by atomic mass is 9.90. The molecule has 13 nitrogen and oxygen atoms in total. The average molecular weight is 837 g/mol. The van der Waals surface area contributed by atoms with E-state index in [0.29, 0.717) is 107 Å². The molecule has 14 heteroatoms. The number of carboxylic acid groups (broad SMARTS) is 1. The fourth-order valence-corrected chi connectivity index (χ4v) is 6.80. The summed E-state index contributed by atoms with van der Waals surface area (Å²) in [4.78, 5) is 25.7. The summed E-state index contributed by atoms with van der Waals surface area (Å²) in [5, 5.41) is 30.2. The molecular weight excluding hydrogens is 776 g/mol. The van der Waals surface area contributed by atoms with E-state index in [2.05, 4.69) is 0 Å². The van der Waals surface area contributed by atoms with Crippen molar-refractivity contribution < 1.29 is 57.7 Å². The van der Waals surface area contributed by atoms with Gasteiger partial charge in [0.25, 0.3) is 0 Å². The van der Waals surface area contributed by atoms with E-state index in [1.807, 2.05) is 73.0 Å². The van der Waals surface area contributed by atoms with E-state index in [-0.39, 0.29) is 37.5 Å². The lowest BCUT2D eigenvalue weighted by Crippen LogP contribution is -2.22. The van der Waals surface area contributed by atoms with Crippen molar-refractivity contribution in [3.05, 3.63) is 102 Å². The number of nitrogens with zero attached hydrogens (tertiary/aromatic N) is 1. The molecular formula is C46H61FN2O11. The smallest absolute Gasteiger partial charge is 0.305 e. The van der Waals surface area contributed by atoms with Crippen LogP contribution >= 0.6 is 0 Å². The summed E-state index contributed by atoms with van der Waals surface area (Å²) < 4.78 is 49.4. The van der Waals surface area contributed by atoms with Crippen molar-refractivity contribution in [1.29, 1.82) is 0 Å². The van der Waals surface area contributed by atoms with Crippen molar-refractivity contribution in [2.75, 3.05) is 79.2 Å². The third-order valence-electron chi connectivity index (χ3n) is 9.48. The zero-order valence-electron chi connectivity index (χ0n) is 34.8. The molecule has 4 aromatic rings. The average Bonchev–Trinajstić information content (AvgIpc) is 3.58. The van der Waals surface area contributed by atoms with Gasteiger partial charge in [0.15, 0.2) is 5.78 Å². The molecule has 1 heterocycles. The number of carbonyl (C=O) groups is 2. The SMILES string of the molecule is CC(C)c1c(C(=O)Cc2ccc(OCCOCCOCCOCCOCCOCCN)cc2)c(-c2ccccc2)c(-c2ccc(F)cc2)n1CC[C@@H](O)C[C@@H](O)CC(=O)O. The molecule has 0 fully saturated rings. The summed E-state index contributed by atoms with van der Waals surface area (Å²) in [7, 11) is 0. The molecule has 0 saturated heterocycles. The summed E-state index contributed by atoms with van der Waals surface area (Å²) in [6.45, 7) is 9.76. The van der Waals surface area contributed by atoms with Crippen LogP contribution in [0.5, 0.6) is 5.75 Å². The third-order valence-corrected chi connectivity index (χ3v) is 9.48. The van der Waals surface area contributed by atoms with Gasteiger partial charge in [-0.1, -0.05) is 56.3 Å². The van der Waals surface area contributed by atoms with E-state index in [1.165, 1.54) is 12.1 Å². The minimum Gasteiger partial charge on any atom is -0.491 e. The largest absolute Gasteiger partial charge is 0.491 e. The summed E-state index contributed by atoms with van der Waals surface area (Å²) in [5.41, 5.74) is 10.4. The number of carbonyl (C=O) groups excluding carboxylic acids is 1. The summed E-state index contributed by atoms with van der Waals surface area (Å²) in [6, 6.07) is 23.1. The number of rotatable bonds is 31. The Morgan fingerprint density at radius 3 is 1.78 bits per heavy atom. The van der Waals surface area contributed by atoms with E-state index in [9.17, 15) is 24.2 Å². The van der Waals surface area contributed by atoms with Crippen molar-refractivity contribution in [3.8, 4) is 28.1 Å². The zero-order chi connectivity index (χ0) is 43.1. The number of Topliss-reactive ketones (excluding diaryl/α,β-unsaturated/α-hetero) is 1. The maximum atomic E-state index is 14.6. The Balaban J connectivity index is 1.38. The molecule has 0 saturated carbocycles. The number of aromatic nitrogens is 1. The number of benzene rings is 3. The molecule has 0 aliphatic heterocycles. The maximum Gasteiger partial charge on any atom is 0.305 e. The van der Waals surface area contributed by atoms with Gasteiger partial charge < -0.3 is 54.0 Å². The minimum absolute atomic E-state index is 0.101. The minimum atomic E-state index is -1.21. The Morgan fingerprint density at radius 2 is 1.25 bits per heavy atom. The van der Waals surface area contributed by atoms with Crippen molar-refractivity contribution in [3.63, 3.8) is 0 Å². The molecule has 60 heavy (non-hydrogen) atoms. The van der Waals surface area contributed by atoms with E-state index < -0.39 is 30.4 Å². The molecule has 5 N–H and O–H groups in total. The fraction of sp³-hybridized carbons (Fsp3) is 0.478. The second kappa shape index (κ2) is 26.6. The number of ether oxygens (including phenoxy) is 6. The Hall–Kier alpha value is -4.51. The molecule has 0 amide bonds. The highest BCUT2D eigenvalue weighted by Gasteiger charge is 2.30. The highest BCUT2D eigenvalue weighted by Crippen LogP contribution is 2.43. The van der Waals surface area contributed by atoms with E-state index in [4.69, 9.17) is 39.3 Å². The summed E-state index contributed by atoms with van der Waals surface area (Å²) in [5.74, 6) is -1.16. The van der Waals surface area contributed by atoms with Gasteiger partial charge in [-0.3, -0.25) is 9.59 Å². The first-order valence-corrected chi connectivity index (χ1v) is 20.6. The molecule has 0 radical (unpaired) electrons. The molecule has 1 aromatic heterocycles. The highest BCUT2D eigenvalue weighted by atomic mass is 19.1. The molecule has 328 valence electrons. The van der Waals surface area contributed by atoms with Crippen LogP contribution < -0.4 is 10.5 Å². The first kappa shape index (κ1) is 48.2. The van der Waals surface area contributed by atoms with Crippen LogP contribution in [0.25, 0.3) is 22.4 Å². The molecule has 0 unspecified atom stereocenters. The number of nitrogens with two attached hydrogens (primary N) is 1. The first-order chi connectivity index (χ1) is 29.1. The Bertz CT molecular complexity index is 1840. The lowest BCUT2D eigenvalue weighted by Gasteiger charge is -2.20. The molecule has 0 spiro atoms. The maximum absolute atomic E-state index is 14.6. The number of hydrogen-bond donors (Lipinski definition) is 4. The first-order valence-electron chi connectivity index (χ1n) is 20.6. The third kappa shape index (κ3) is 16.2. The van der Waals surface area contributed by atoms with Crippen molar-refractivity contribution in [2.45, 2.75) is 64.2 Å². The van der Waals surface area contributed by atoms with Gasteiger partial charge in [0.05, 0.1) is 90.4 Å².